The van der Waals surface area contributed by atoms with Crippen molar-refractivity contribution >= 4 is 11.5 Å². The van der Waals surface area contributed by atoms with Gasteiger partial charge < -0.3 is 4.90 Å². The van der Waals surface area contributed by atoms with E-state index in [0.29, 0.717) is 0 Å². The van der Waals surface area contributed by atoms with E-state index in [2.05, 4.69) is 43.0 Å². The number of nitrogens with zero attached hydrogens (tertiary/aromatic N) is 2. The van der Waals surface area contributed by atoms with E-state index >= 15 is 0 Å². The van der Waals surface area contributed by atoms with E-state index in [1.165, 1.54) is 0 Å². The van der Waals surface area contributed by atoms with Crippen LogP contribution >= 0.6 is 0 Å². The highest BCUT2D eigenvalue weighted by Gasteiger charge is 2.10. The Morgan fingerprint density at radius 1 is 0.842 bits per heavy atom. The van der Waals surface area contributed by atoms with Crippen molar-refractivity contribution in [1.82, 2.24) is 4.90 Å². The minimum Gasteiger partial charge on any atom is -0.357 e. The zero-order valence-electron chi connectivity index (χ0n) is 11.6. The zero-order valence-corrected chi connectivity index (χ0v) is 11.6. The normalized spacial score (nSPS) is 11.4. The maximum atomic E-state index is 4.81. The Kier molecular flexibility index (Phi) is 4.73. The Morgan fingerprint density at radius 2 is 1.37 bits per heavy atom. The fourth-order valence-corrected chi connectivity index (χ4v) is 2.05. The van der Waals surface area contributed by atoms with E-state index < -0.39 is 0 Å². The van der Waals surface area contributed by atoms with Crippen molar-refractivity contribution in [3.8, 4) is 0 Å². The van der Waals surface area contributed by atoms with Gasteiger partial charge in [0.15, 0.2) is 0 Å². The second-order valence-electron chi connectivity index (χ2n) is 4.31. The number of aliphatic imine (C=N–C) groups is 1. The van der Waals surface area contributed by atoms with Crippen LogP contribution in [0.3, 0.4) is 0 Å². The summed E-state index contributed by atoms with van der Waals surface area (Å²) in [6.45, 7) is 6.23. The molecule has 0 aliphatic rings. The molecule has 0 aliphatic carbocycles. The summed E-state index contributed by atoms with van der Waals surface area (Å²) in [7, 11) is 0. The molecule has 2 aromatic rings. The molecule has 0 aliphatic heterocycles. The van der Waals surface area contributed by atoms with Crippen LogP contribution < -0.4 is 0 Å². The molecule has 0 aromatic heterocycles. The molecule has 2 rings (SSSR count). The molecule has 0 fully saturated rings. The molecule has 2 nitrogen and oxygen atoms in total. The molecule has 0 atom stereocenters. The number of benzene rings is 2. The summed E-state index contributed by atoms with van der Waals surface area (Å²) < 4.78 is 0. The number of hydrogen-bond donors (Lipinski definition) is 0. The average Bonchev–Trinajstić information content (AvgIpc) is 2.49. The lowest BCUT2D eigenvalue weighted by molar-refractivity contribution is 0.466. The molecule has 0 spiro atoms. The lowest BCUT2D eigenvalue weighted by Gasteiger charge is -2.23. The largest absolute Gasteiger partial charge is 0.357 e. The lowest BCUT2D eigenvalue weighted by atomic mass is 10.2. The maximum Gasteiger partial charge on any atom is 0.136 e. The van der Waals surface area contributed by atoms with Gasteiger partial charge in [0, 0.05) is 18.7 Å². The summed E-state index contributed by atoms with van der Waals surface area (Å²) in [4.78, 5) is 7.09. The number of para-hydroxylation sites is 1. The van der Waals surface area contributed by atoms with Crippen molar-refractivity contribution in [2.24, 2.45) is 4.99 Å². The molecular formula is C17H20N2. The fourth-order valence-electron chi connectivity index (χ4n) is 2.05. The maximum absolute atomic E-state index is 4.81. The third-order valence-corrected chi connectivity index (χ3v) is 3.09. The molecule has 98 valence electrons. The predicted octanol–water partition coefficient (Wildman–Crippen LogP) is 4.11. The van der Waals surface area contributed by atoms with Crippen LogP contribution in [0.5, 0.6) is 0 Å². The topological polar surface area (TPSA) is 15.6 Å². The average molecular weight is 252 g/mol. The first-order chi connectivity index (χ1) is 9.35. The molecule has 0 bridgehead atoms. The summed E-state index contributed by atoms with van der Waals surface area (Å²) in [6, 6.07) is 20.5. The number of rotatable bonds is 4. The van der Waals surface area contributed by atoms with Crippen LogP contribution in [0.1, 0.15) is 19.4 Å². The molecule has 0 saturated heterocycles. The van der Waals surface area contributed by atoms with Crippen molar-refractivity contribution in [2.75, 3.05) is 13.1 Å². The van der Waals surface area contributed by atoms with Crippen LogP contribution in [0.15, 0.2) is 65.7 Å². The zero-order chi connectivity index (χ0) is 13.5. The van der Waals surface area contributed by atoms with Crippen LogP contribution in [0.25, 0.3) is 0 Å². The Balaban J connectivity index is 2.43. The molecule has 0 saturated carbocycles. The van der Waals surface area contributed by atoms with Gasteiger partial charge >= 0.3 is 0 Å². The van der Waals surface area contributed by atoms with Crippen LogP contribution in [0.2, 0.25) is 0 Å². The van der Waals surface area contributed by atoms with Gasteiger partial charge in [0.05, 0.1) is 5.69 Å². The van der Waals surface area contributed by atoms with Crippen LogP contribution in [0, 0.1) is 0 Å². The summed E-state index contributed by atoms with van der Waals surface area (Å²) in [5.41, 5.74) is 2.16. The van der Waals surface area contributed by atoms with E-state index in [1.54, 1.807) is 0 Å². The second kappa shape index (κ2) is 6.74. The van der Waals surface area contributed by atoms with Crippen LogP contribution in [-0.4, -0.2) is 23.8 Å². The molecular weight excluding hydrogens is 232 g/mol. The van der Waals surface area contributed by atoms with Crippen molar-refractivity contribution in [3.05, 3.63) is 66.2 Å². The first-order valence-corrected chi connectivity index (χ1v) is 6.79. The minimum atomic E-state index is 0.955. The summed E-state index contributed by atoms with van der Waals surface area (Å²) in [5.74, 6) is 1.04. The molecule has 2 aromatic carbocycles. The fraction of sp³-hybridized carbons (Fsp3) is 0.235. The van der Waals surface area contributed by atoms with E-state index in [0.717, 1.165) is 30.2 Å². The quantitative estimate of drug-likeness (QED) is 0.590. The lowest BCUT2D eigenvalue weighted by Crippen LogP contribution is -2.31. The second-order valence-corrected chi connectivity index (χ2v) is 4.31. The van der Waals surface area contributed by atoms with Crippen molar-refractivity contribution in [1.29, 1.82) is 0 Å². The molecule has 0 radical (unpaired) electrons. The molecule has 0 N–H and O–H groups in total. The SMILES string of the molecule is CCN(CC)C(=Nc1ccccc1)c1ccccc1. The van der Waals surface area contributed by atoms with Gasteiger partial charge in [0.1, 0.15) is 5.84 Å². The van der Waals surface area contributed by atoms with Gasteiger partial charge in [-0.25, -0.2) is 4.99 Å². The first-order valence-electron chi connectivity index (χ1n) is 6.79. The van der Waals surface area contributed by atoms with Gasteiger partial charge in [-0.3, -0.25) is 0 Å². The third-order valence-electron chi connectivity index (χ3n) is 3.09. The predicted molar refractivity (Wildman–Crippen MR) is 82.0 cm³/mol. The molecule has 19 heavy (non-hydrogen) atoms. The number of amidine groups is 1. The van der Waals surface area contributed by atoms with Gasteiger partial charge in [0.2, 0.25) is 0 Å². The van der Waals surface area contributed by atoms with Crippen LogP contribution in [-0.2, 0) is 0 Å². The van der Waals surface area contributed by atoms with Gasteiger partial charge in [-0.2, -0.15) is 0 Å². The highest BCUT2D eigenvalue weighted by atomic mass is 15.2. The molecule has 0 heterocycles. The molecule has 0 unspecified atom stereocenters. The Bertz CT molecular complexity index is 513. The van der Waals surface area contributed by atoms with Crippen molar-refractivity contribution < 1.29 is 0 Å². The highest BCUT2D eigenvalue weighted by molar-refractivity contribution is 6.00. The summed E-state index contributed by atoms with van der Waals surface area (Å²) in [6.07, 6.45) is 0. The van der Waals surface area contributed by atoms with E-state index in [4.69, 9.17) is 4.99 Å². The Labute approximate surface area is 115 Å². The van der Waals surface area contributed by atoms with Crippen LogP contribution in [0.4, 0.5) is 5.69 Å². The summed E-state index contributed by atoms with van der Waals surface area (Å²) in [5, 5.41) is 0. The smallest absolute Gasteiger partial charge is 0.136 e. The third kappa shape index (κ3) is 3.44. The molecule has 2 heteroatoms. The standard InChI is InChI=1S/C17H20N2/c1-3-19(4-2)17(15-11-7-5-8-12-15)18-16-13-9-6-10-14-16/h5-14H,3-4H2,1-2H3. The van der Waals surface area contributed by atoms with Gasteiger partial charge in [0.25, 0.3) is 0 Å². The Hall–Kier alpha value is -2.09. The monoisotopic (exact) mass is 252 g/mol. The number of hydrogen-bond acceptors (Lipinski definition) is 1. The Morgan fingerprint density at radius 3 is 1.89 bits per heavy atom. The first kappa shape index (κ1) is 13.3. The van der Waals surface area contributed by atoms with Gasteiger partial charge in [-0.15, -0.1) is 0 Å². The summed E-state index contributed by atoms with van der Waals surface area (Å²) >= 11 is 0. The minimum absolute atomic E-state index is 0.955. The highest BCUT2D eigenvalue weighted by Crippen LogP contribution is 2.15. The van der Waals surface area contributed by atoms with E-state index in [1.807, 2.05) is 36.4 Å². The van der Waals surface area contributed by atoms with Crippen molar-refractivity contribution in [3.63, 3.8) is 0 Å². The van der Waals surface area contributed by atoms with E-state index in [9.17, 15) is 0 Å². The van der Waals surface area contributed by atoms with Crippen molar-refractivity contribution in [2.45, 2.75) is 13.8 Å². The molecule has 0 amide bonds. The van der Waals surface area contributed by atoms with E-state index in [-0.39, 0.29) is 0 Å². The van der Waals surface area contributed by atoms with Gasteiger partial charge in [-0.1, -0.05) is 48.5 Å². The van der Waals surface area contributed by atoms with Gasteiger partial charge in [-0.05, 0) is 26.0 Å².